The molecule has 0 saturated carbocycles. The van der Waals surface area contributed by atoms with Crippen molar-refractivity contribution in [3.05, 3.63) is 35.5 Å². The highest BCUT2D eigenvalue weighted by Crippen LogP contribution is 2.20. The van der Waals surface area contributed by atoms with Crippen LogP contribution in [-0.2, 0) is 10.5 Å². The number of thioether (sulfide) groups is 1. The minimum absolute atomic E-state index is 0.0205. The molecule has 5 nitrogen and oxygen atoms in total. The van der Waals surface area contributed by atoms with Crippen molar-refractivity contribution in [3.63, 3.8) is 0 Å². The summed E-state index contributed by atoms with van der Waals surface area (Å²) in [5, 5.41) is 12.3. The Kier molecular flexibility index (Phi) is 4.16. The van der Waals surface area contributed by atoms with Gasteiger partial charge in [0, 0.05) is 5.56 Å². The van der Waals surface area contributed by atoms with Crippen molar-refractivity contribution in [1.29, 1.82) is 0 Å². The van der Waals surface area contributed by atoms with Crippen LogP contribution in [0, 0.1) is 12.7 Å². The standard InChI is InChI=1S/C12H11FN2O3S/c1-7-4-8(2-3-9(7)13)12-14-10(18-15-12)5-19-6-11(16)17/h2-4H,5-6H2,1H3,(H,16,17). The molecule has 0 aliphatic carbocycles. The maximum atomic E-state index is 13.1. The van der Waals surface area contributed by atoms with Crippen molar-refractivity contribution in [2.24, 2.45) is 0 Å². The molecule has 19 heavy (non-hydrogen) atoms. The van der Waals surface area contributed by atoms with Crippen molar-refractivity contribution in [2.45, 2.75) is 12.7 Å². The zero-order valence-corrected chi connectivity index (χ0v) is 10.9. The lowest BCUT2D eigenvalue weighted by atomic mass is 10.1. The second kappa shape index (κ2) is 5.83. The number of hydrogen-bond donors (Lipinski definition) is 1. The van der Waals surface area contributed by atoms with Gasteiger partial charge in [-0.15, -0.1) is 11.8 Å². The SMILES string of the molecule is Cc1cc(-c2noc(CSCC(=O)O)n2)ccc1F. The van der Waals surface area contributed by atoms with E-state index in [1.54, 1.807) is 19.1 Å². The number of benzene rings is 1. The molecule has 0 aliphatic heterocycles. The van der Waals surface area contributed by atoms with Crippen LogP contribution in [0.3, 0.4) is 0 Å². The Balaban J connectivity index is 2.07. The zero-order valence-electron chi connectivity index (χ0n) is 10.1. The fourth-order valence-corrected chi connectivity index (χ4v) is 2.01. The fourth-order valence-electron chi connectivity index (χ4n) is 1.44. The van der Waals surface area contributed by atoms with Gasteiger partial charge in [-0.2, -0.15) is 4.98 Å². The third-order valence-corrected chi connectivity index (χ3v) is 3.24. The third-order valence-electron chi connectivity index (χ3n) is 2.34. The molecule has 0 atom stereocenters. The van der Waals surface area contributed by atoms with E-state index in [9.17, 15) is 9.18 Å². The normalized spacial score (nSPS) is 10.6. The molecular formula is C12H11FN2O3S. The molecular weight excluding hydrogens is 271 g/mol. The molecule has 100 valence electrons. The van der Waals surface area contributed by atoms with E-state index in [2.05, 4.69) is 10.1 Å². The first kappa shape index (κ1) is 13.5. The van der Waals surface area contributed by atoms with Gasteiger partial charge in [-0.3, -0.25) is 4.79 Å². The summed E-state index contributed by atoms with van der Waals surface area (Å²) < 4.78 is 18.1. The minimum Gasteiger partial charge on any atom is -0.481 e. The number of nitrogens with zero attached hydrogens (tertiary/aromatic N) is 2. The van der Waals surface area contributed by atoms with Gasteiger partial charge in [-0.1, -0.05) is 5.16 Å². The predicted octanol–water partition coefficient (Wildman–Crippen LogP) is 2.50. The van der Waals surface area contributed by atoms with E-state index in [0.717, 1.165) is 0 Å². The molecule has 1 aromatic heterocycles. The number of aryl methyl sites for hydroxylation is 1. The van der Waals surface area contributed by atoms with Crippen molar-refractivity contribution in [3.8, 4) is 11.4 Å². The summed E-state index contributed by atoms with van der Waals surface area (Å²) in [5.74, 6) is -0.145. The summed E-state index contributed by atoms with van der Waals surface area (Å²) in [5.41, 5.74) is 1.17. The maximum Gasteiger partial charge on any atom is 0.313 e. The van der Waals surface area contributed by atoms with Gasteiger partial charge in [0.15, 0.2) is 0 Å². The lowest BCUT2D eigenvalue weighted by molar-refractivity contribution is -0.133. The molecule has 0 amide bonds. The third kappa shape index (κ3) is 3.54. The number of aromatic nitrogens is 2. The van der Waals surface area contributed by atoms with Gasteiger partial charge in [0.1, 0.15) is 5.82 Å². The average Bonchev–Trinajstić information content (AvgIpc) is 2.81. The van der Waals surface area contributed by atoms with Gasteiger partial charge in [-0.25, -0.2) is 4.39 Å². The number of halogens is 1. The van der Waals surface area contributed by atoms with Crippen molar-refractivity contribution in [1.82, 2.24) is 10.1 Å². The summed E-state index contributed by atoms with van der Waals surface area (Å²) in [7, 11) is 0. The minimum atomic E-state index is -0.890. The summed E-state index contributed by atoms with van der Waals surface area (Å²) in [6.07, 6.45) is 0. The largest absolute Gasteiger partial charge is 0.481 e. The first-order valence-corrected chi connectivity index (χ1v) is 6.60. The molecule has 1 N–H and O–H groups in total. The van der Waals surface area contributed by atoms with E-state index >= 15 is 0 Å². The molecule has 1 heterocycles. The maximum absolute atomic E-state index is 13.1. The highest BCUT2D eigenvalue weighted by atomic mass is 32.2. The van der Waals surface area contributed by atoms with Crippen LogP contribution in [0.1, 0.15) is 11.5 Å². The molecule has 0 spiro atoms. The van der Waals surface area contributed by atoms with Crippen molar-refractivity contribution >= 4 is 17.7 Å². The molecule has 2 aromatic rings. The molecule has 7 heteroatoms. The second-order valence-electron chi connectivity index (χ2n) is 3.86. The lowest BCUT2D eigenvalue weighted by Gasteiger charge is -1.97. The predicted molar refractivity (Wildman–Crippen MR) is 68.2 cm³/mol. The first-order chi connectivity index (χ1) is 9.06. The zero-order chi connectivity index (χ0) is 13.8. The second-order valence-corrected chi connectivity index (χ2v) is 4.85. The van der Waals surface area contributed by atoms with Crippen LogP contribution in [0.4, 0.5) is 4.39 Å². The molecule has 2 rings (SSSR count). The van der Waals surface area contributed by atoms with Crippen LogP contribution < -0.4 is 0 Å². The van der Waals surface area contributed by atoms with E-state index in [1.165, 1.54) is 17.8 Å². The van der Waals surface area contributed by atoms with Gasteiger partial charge in [0.2, 0.25) is 11.7 Å². The van der Waals surface area contributed by atoms with Crippen LogP contribution in [0.25, 0.3) is 11.4 Å². The van der Waals surface area contributed by atoms with Gasteiger partial charge in [-0.05, 0) is 30.7 Å². The van der Waals surface area contributed by atoms with Crippen LogP contribution in [0.15, 0.2) is 22.7 Å². The van der Waals surface area contributed by atoms with Crippen LogP contribution in [-0.4, -0.2) is 27.0 Å². The number of hydrogen-bond acceptors (Lipinski definition) is 5. The first-order valence-electron chi connectivity index (χ1n) is 5.45. The Bertz CT molecular complexity index is 600. The van der Waals surface area contributed by atoms with Crippen molar-refractivity contribution in [2.75, 3.05) is 5.75 Å². The van der Waals surface area contributed by atoms with Crippen molar-refractivity contribution < 1.29 is 18.8 Å². The van der Waals surface area contributed by atoms with Crippen LogP contribution >= 0.6 is 11.8 Å². The van der Waals surface area contributed by atoms with Gasteiger partial charge < -0.3 is 9.63 Å². The summed E-state index contributed by atoms with van der Waals surface area (Å²) in [6, 6.07) is 4.55. The van der Waals surface area contributed by atoms with Crippen LogP contribution in [0.5, 0.6) is 0 Å². The Morgan fingerprint density at radius 2 is 2.32 bits per heavy atom. The number of rotatable bonds is 5. The van der Waals surface area contributed by atoms with Crippen LogP contribution in [0.2, 0.25) is 0 Å². The summed E-state index contributed by atoms with van der Waals surface area (Å²) in [4.78, 5) is 14.5. The highest BCUT2D eigenvalue weighted by molar-refractivity contribution is 7.99. The smallest absolute Gasteiger partial charge is 0.313 e. The monoisotopic (exact) mass is 282 g/mol. The molecule has 0 saturated heterocycles. The molecule has 1 aromatic carbocycles. The topological polar surface area (TPSA) is 76.2 Å². The van der Waals surface area contributed by atoms with E-state index in [4.69, 9.17) is 9.63 Å². The Morgan fingerprint density at radius 1 is 1.53 bits per heavy atom. The summed E-state index contributed by atoms with van der Waals surface area (Å²) >= 11 is 1.17. The number of carboxylic acids is 1. The van der Waals surface area contributed by atoms with Gasteiger partial charge in [0.05, 0.1) is 11.5 Å². The molecule has 0 fully saturated rings. The molecule has 0 radical (unpaired) electrons. The van der Waals surface area contributed by atoms with E-state index < -0.39 is 5.97 Å². The Labute approximate surface area is 112 Å². The molecule has 0 bridgehead atoms. The van der Waals surface area contributed by atoms with Gasteiger partial charge >= 0.3 is 5.97 Å². The number of carboxylic acid groups (broad SMARTS) is 1. The van der Waals surface area contributed by atoms with E-state index in [1.807, 2.05) is 0 Å². The summed E-state index contributed by atoms with van der Waals surface area (Å²) in [6.45, 7) is 1.66. The van der Waals surface area contributed by atoms with Gasteiger partial charge in [0.25, 0.3) is 0 Å². The molecule has 0 unspecified atom stereocenters. The Morgan fingerprint density at radius 3 is 3.00 bits per heavy atom. The average molecular weight is 282 g/mol. The number of carbonyl (C=O) groups is 1. The molecule has 0 aliphatic rings. The fraction of sp³-hybridized carbons (Fsp3) is 0.250. The number of aliphatic carboxylic acids is 1. The highest BCUT2D eigenvalue weighted by Gasteiger charge is 2.10. The Hall–Kier alpha value is -1.89. The lowest BCUT2D eigenvalue weighted by Crippen LogP contribution is -1.98. The van der Waals surface area contributed by atoms with E-state index in [0.29, 0.717) is 28.6 Å². The van der Waals surface area contributed by atoms with E-state index in [-0.39, 0.29) is 11.6 Å². The quantitative estimate of drug-likeness (QED) is 0.908.